The van der Waals surface area contributed by atoms with E-state index in [9.17, 15) is 9.90 Å². The molecule has 0 saturated carbocycles. The number of aliphatic imine (C=N–C) groups is 1. The number of amides is 1. The molecule has 0 aliphatic carbocycles. The molecule has 2 heterocycles. The molecule has 1 amide bonds. The molecule has 1 atom stereocenters. The normalized spacial score (nSPS) is 18.2. The van der Waals surface area contributed by atoms with E-state index in [1.54, 1.807) is 24.3 Å². The average Bonchev–Trinajstić information content (AvgIpc) is 2.67. The Kier molecular flexibility index (Phi) is 3.09. The molecule has 5 rings (SSSR count). The van der Waals surface area contributed by atoms with Crippen LogP contribution in [0.5, 0.6) is 11.5 Å². The summed E-state index contributed by atoms with van der Waals surface area (Å²) in [4.78, 5) is 17.2. The smallest absolute Gasteiger partial charge is 0.258 e. The second kappa shape index (κ2) is 5.46. The Bertz CT molecular complexity index is 1110. The first kappa shape index (κ1) is 14.7. The van der Waals surface area contributed by atoms with Gasteiger partial charge < -0.3 is 15.2 Å². The molecule has 126 valence electrons. The standard InChI is InChI=1S/C21H14N2O3/c24-14-8-5-13(6-9-14)19-22-20(25)17-11-16-15-4-2-1-3-12(15)7-10-18(16)26-21(17)23-19/h1-11,21,24H,(H,22,23,25)/t21-/m0/s1. The molecule has 0 radical (unpaired) electrons. The van der Waals surface area contributed by atoms with Crippen LogP contribution in [-0.2, 0) is 4.79 Å². The largest absolute Gasteiger partial charge is 0.508 e. The number of hydrogen-bond donors (Lipinski definition) is 2. The minimum absolute atomic E-state index is 0.159. The molecule has 0 spiro atoms. The number of carbonyl (C=O) groups excluding carboxylic acids is 1. The highest BCUT2D eigenvalue weighted by atomic mass is 16.5. The van der Waals surface area contributed by atoms with Gasteiger partial charge in [-0.3, -0.25) is 4.79 Å². The summed E-state index contributed by atoms with van der Waals surface area (Å²) in [6.07, 6.45) is 1.18. The summed E-state index contributed by atoms with van der Waals surface area (Å²) in [5.41, 5.74) is 2.09. The van der Waals surface area contributed by atoms with E-state index < -0.39 is 6.23 Å². The fourth-order valence-corrected chi connectivity index (χ4v) is 3.31. The van der Waals surface area contributed by atoms with Crippen molar-refractivity contribution in [3.8, 4) is 11.5 Å². The van der Waals surface area contributed by atoms with Crippen LogP contribution in [0.2, 0.25) is 0 Å². The fraction of sp³-hybridized carbons (Fsp3) is 0.0476. The number of hydrogen-bond acceptors (Lipinski definition) is 4. The molecule has 2 aliphatic heterocycles. The maximum atomic E-state index is 12.6. The molecule has 0 fully saturated rings. The summed E-state index contributed by atoms with van der Waals surface area (Å²) in [5.74, 6) is 1.07. The SMILES string of the molecule is O=C1NC(c2ccc(O)cc2)=N[C@H]2Oc3ccc4ccccc4c3C=C12. The molecule has 2 N–H and O–H groups in total. The van der Waals surface area contributed by atoms with Gasteiger partial charge in [-0.05, 0) is 47.2 Å². The van der Waals surface area contributed by atoms with E-state index in [1.165, 1.54) is 0 Å². The van der Waals surface area contributed by atoms with Crippen LogP contribution in [0.25, 0.3) is 16.8 Å². The average molecular weight is 342 g/mol. The predicted octanol–water partition coefficient (Wildman–Crippen LogP) is 3.22. The Morgan fingerprint density at radius 3 is 2.65 bits per heavy atom. The van der Waals surface area contributed by atoms with E-state index in [2.05, 4.69) is 10.3 Å². The van der Waals surface area contributed by atoms with E-state index in [1.807, 2.05) is 42.5 Å². The van der Waals surface area contributed by atoms with Crippen LogP contribution in [-0.4, -0.2) is 23.1 Å². The Morgan fingerprint density at radius 2 is 1.81 bits per heavy atom. The monoisotopic (exact) mass is 342 g/mol. The van der Waals surface area contributed by atoms with Crippen LogP contribution in [0.3, 0.4) is 0 Å². The lowest BCUT2D eigenvalue weighted by Crippen LogP contribution is -2.43. The second-order valence-corrected chi connectivity index (χ2v) is 6.25. The van der Waals surface area contributed by atoms with Gasteiger partial charge in [-0.15, -0.1) is 0 Å². The zero-order valence-electron chi connectivity index (χ0n) is 13.6. The summed E-state index contributed by atoms with van der Waals surface area (Å²) >= 11 is 0. The summed E-state index contributed by atoms with van der Waals surface area (Å²) in [6, 6.07) is 18.4. The van der Waals surface area contributed by atoms with Crippen LogP contribution < -0.4 is 10.1 Å². The molecule has 0 saturated heterocycles. The van der Waals surface area contributed by atoms with Crippen molar-refractivity contribution in [1.82, 2.24) is 5.32 Å². The molecular weight excluding hydrogens is 328 g/mol. The van der Waals surface area contributed by atoms with Crippen molar-refractivity contribution in [2.45, 2.75) is 6.23 Å². The number of rotatable bonds is 1. The van der Waals surface area contributed by atoms with Gasteiger partial charge in [0.2, 0.25) is 6.23 Å². The minimum atomic E-state index is -0.679. The van der Waals surface area contributed by atoms with Gasteiger partial charge in [-0.1, -0.05) is 30.3 Å². The number of carbonyl (C=O) groups is 1. The van der Waals surface area contributed by atoms with E-state index >= 15 is 0 Å². The van der Waals surface area contributed by atoms with Crippen LogP contribution in [0.4, 0.5) is 0 Å². The molecule has 0 bridgehead atoms. The summed E-state index contributed by atoms with van der Waals surface area (Å²) < 4.78 is 6.02. The Balaban J connectivity index is 1.61. The molecule has 3 aromatic rings. The van der Waals surface area contributed by atoms with Gasteiger partial charge in [-0.25, -0.2) is 4.99 Å². The molecular formula is C21H14N2O3. The van der Waals surface area contributed by atoms with Crippen molar-refractivity contribution in [3.05, 3.63) is 77.4 Å². The van der Waals surface area contributed by atoms with Gasteiger partial charge in [-0.2, -0.15) is 0 Å². The quantitative estimate of drug-likeness (QED) is 0.713. The molecule has 5 nitrogen and oxygen atoms in total. The lowest BCUT2D eigenvalue weighted by Gasteiger charge is -2.29. The number of fused-ring (bicyclic) bond motifs is 4. The first-order valence-electron chi connectivity index (χ1n) is 8.27. The second-order valence-electron chi connectivity index (χ2n) is 6.25. The van der Waals surface area contributed by atoms with Gasteiger partial charge in [0.15, 0.2) is 0 Å². The number of aromatic hydroxyl groups is 1. The highest BCUT2D eigenvalue weighted by Gasteiger charge is 2.33. The Labute approximate surface area is 149 Å². The number of nitrogens with one attached hydrogen (secondary N) is 1. The van der Waals surface area contributed by atoms with Crippen LogP contribution in [0.15, 0.2) is 71.2 Å². The van der Waals surface area contributed by atoms with Crippen LogP contribution >= 0.6 is 0 Å². The third kappa shape index (κ3) is 2.25. The lowest BCUT2D eigenvalue weighted by atomic mass is 9.97. The van der Waals surface area contributed by atoms with Gasteiger partial charge in [0, 0.05) is 11.1 Å². The van der Waals surface area contributed by atoms with Crippen molar-refractivity contribution in [3.63, 3.8) is 0 Å². The summed E-state index contributed by atoms with van der Waals surface area (Å²) in [7, 11) is 0. The van der Waals surface area contributed by atoms with Crippen molar-refractivity contribution in [2.24, 2.45) is 4.99 Å². The highest BCUT2D eigenvalue weighted by molar-refractivity contribution is 6.17. The first-order valence-corrected chi connectivity index (χ1v) is 8.27. The van der Waals surface area contributed by atoms with Crippen molar-refractivity contribution in [2.75, 3.05) is 0 Å². The number of phenols is 1. The number of amidine groups is 1. The maximum Gasteiger partial charge on any atom is 0.258 e. The molecule has 2 aliphatic rings. The Hall–Kier alpha value is -3.60. The van der Waals surface area contributed by atoms with Gasteiger partial charge in [0.25, 0.3) is 5.91 Å². The maximum absolute atomic E-state index is 12.6. The van der Waals surface area contributed by atoms with Crippen LogP contribution in [0, 0.1) is 0 Å². The topological polar surface area (TPSA) is 70.9 Å². The summed E-state index contributed by atoms with van der Waals surface area (Å²) in [6.45, 7) is 0. The number of benzene rings is 3. The third-order valence-electron chi connectivity index (χ3n) is 4.62. The third-order valence-corrected chi connectivity index (χ3v) is 4.62. The number of ether oxygens (including phenoxy) is 1. The van der Waals surface area contributed by atoms with Crippen molar-refractivity contribution < 1.29 is 14.6 Å². The van der Waals surface area contributed by atoms with E-state index in [4.69, 9.17) is 4.74 Å². The molecule has 0 aromatic heterocycles. The molecule has 26 heavy (non-hydrogen) atoms. The van der Waals surface area contributed by atoms with E-state index in [0.29, 0.717) is 22.7 Å². The van der Waals surface area contributed by atoms with Crippen molar-refractivity contribution >= 4 is 28.6 Å². The Morgan fingerprint density at radius 1 is 1.00 bits per heavy atom. The van der Waals surface area contributed by atoms with E-state index in [0.717, 1.165) is 16.3 Å². The van der Waals surface area contributed by atoms with Gasteiger partial charge >= 0.3 is 0 Å². The zero-order chi connectivity index (χ0) is 17.7. The number of nitrogens with zero attached hydrogens (tertiary/aromatic N) is 1. The molecule has 0 unspecified atom stereocenters. The lowest BCUT2D eigenvalue weighted by molar-refractivity contribution is -0.117. The number of phenolic OH excluding ortho intramolecular Hbond substituents is 1. The van der Waals surface area contributed by atoms with Gasteiger partial charge in [0.05, 0.1) is 5.57 Å². The summed E-state index contributed by atoms with van der Waals surface area (Å²) in [5, 5.41) is 14.4. The van der Waals surface area contributed by atoms with Crippen LogP contribution in [0.1, 0.15) is 11.1 Å². The van der Waals surface area contributed by atoms with E-state index in [-0.39, 0.29) is 11.7 Å². The minimum Gasteiger partial charge on any atom is -0.508 e. The molecule has 3 aromatic carbocycles. The highest BCUT2D eigenvalue weighted by Crippen LogP contribution is 2.36. The first-order chi connectivity index (χ1) is 12.7. The molecule has 5 heteroatoms. The fourth-order valence-electron chi connectivity index (χ4n) is 3.31. The van der Waals surface area contributed by atoms with Crippen molar-refractivity contribution in [1.29, 1.82) is 0 Å². The van der Waals surface area contributed by atoms with Gasteiger partial charge in [0.1, 0.15) is 17.3 Å². The zero-order valence-corrected chi connectivity index (χ0v) is 13.6. The predicted molar refractivity (Wildman–Crippen MR) is 99.1 cm³/mol.